The van der Waals surface area contributed by atoms with E-state index in [1.165, 1.54) is 64.2 Å². The van der Waals surface area contributed by atoms with E-state index < -0.39 is 44.7 Å². The number of nitrogens with zero attached hydrogens (tertiary/aromatic N) is 1. The highest BCUT2D eigenvalue weighted by Gasteiger charge is 2.22. The van der Waals surface area contributed by atoms with E-state index in [0.717, 1.165) is 38.5 Å². The number of esters is 2. The van der Waals surface area contributed by atoms with E-state index in [1.807, 2.05) is 33.3 Å². The molecule has 0 fully saturated rings. The van der Waals surface area contributed by atoms with E-state index in [2.05, 4.69) is 38.2 Å². The highest BCUT2D eigenvalue weighted by molar-refractivity contribution is 7.45. The van der Waals surface area contributed by atoms with Gasteiger partial charge in [0.15, 0.2) is 6.10 Å². The fourth-order valence-electron chi connectivity index (χ4n) is 5.40. The van der Waals surface area contributed by atoms with Gasteiger partial charge in [0, 0.05) is 12.8 Å². The molecule has 0 rings (SSSR count). The van der Waals surface area contributed by atoms with Crippen LogP contribution in [0.1, 0.15) is 155 Å². The summed E-state index contributed by atoms with van der Waals surface area (Å²) in [4.78, 5) is 37.5. The Morgan fingerprint density at radius 2 is 1.20 bits per heavy atom. The van der Waals surface area contributed by atoms with Crippen molar-refractivity contribution < 1.29 is 52.3 Å². The van der Waals surface area contributed by atoms with Gasteiger partial charge >= 0.3 is 11.9 Å². The first-order valence-electron chi connectivity index (χ1n) is 20.9. The predicted octanol–water partition coefficient (Wildman–Crippen LogP) is 8.66. The van der Waals surface area contributed by atoms with E-state index >= 15 is 0 Å². The number of hydrogen-bond acceptors (Lipinski definition) is 10. The zero-order valence-corrected chi connectivity index (χ0v) is 35.5. The normalized spacial score (nSPS) is 15.2. The molecule has 0 aromatic heterocycles. The van der Waals surface area contributed by atoms with Crippen LogP contribution >= 0.6 is 7.82 Å². The highest BCUT2D eigenvalue weighted by Crippen LogP contribution is 2.38. The molecule has 4 atom stereocenters. The minimum atomic E-state index is -4.70. The summed E-state index contributed by atoms with van der Waals surface area (Å²) in [5, 5.41) is 20.7. The fraction of sp³-hybridized carbons (Fsp3) is 0.810. The number of rotatable bonds is 37. The van der Waals surface area contributed by atoms with Crippen molar-refractivity contribution >= 4 is 19.8 Å². The van der Waals surface area contributed by atoms with Gasteiger partial charge in [-0.25, -0.2) is 0 Å². The van der Waals surface area contributed by atoms with Crippen molar-refractivity contribution in [3.8, 4) is 0 Å². The standard InChI is InChI=1S/C42H78NO10P/c1-6-8-10-12-14-16-18-20-21-23-25-27-30-39(44)40(45)31-29-33-42(47)53-38(37-52-54(48,49)51-35-34-43(3,4)5)36-50-41(46)32-28-26-24-22-19-17-15-13-11-9-7-2/h14,16,20-21,25,27,38-40,44-45H,6-13,15,17-19,22-24,26,28-37H2,1-5H3/b16-14-,21-20-,27-25-/t38-,39?,40?/m1/s1. The number of ether oxygens (including phenoxy) is 2. The van der Waals surface area contributed by atoms with Crippen molar-refractivity contribution in [2.45, 2.75) is 173 Å². The van der Waals surface area contributed by atoms with Crippen molar-refractivity contribution in [3.05, 3.63) is 36.5 Å². The van der Waals surface area contributed by atoms with Crippen molar-refractivity contribution in [3.63, 3.8) is 0 Å². The highest BCUT2D eigenvalue weighted by atomic mass is 31.2. The number of allylic oxidation sites excluding steroid dienone is 5. The predicted molar refractivity (Wildman–Crippen MR) is 216 cm³/mol. The van der Waals surface area contributed by atoms with Gasteiger partial charge in [0.05, 0.1) is 40.0 Å². The Hall–Kier alpha value is -1.85. The third kappa shape index (κ3) is 35.8. The summed E-state index contributed by atoms with van der Waals surface area (Å²) in [6, 6.07) is 0. The van der Waals surface area contributed by atoms with Crippen molar-refractivity contribution in [2.24, 2.45) is 0 Å². The molecular weight excluding hydrogens is 709 g/mol. The molecule has 12 heteroatoms. The van der Waals surface area contributed by atoms with Gasteiger partial charge < -0.3 is 38.1 Å². The number of hydrogen-bond donors (Lipinski definition) is 2. The van der Waals surface area contributed by atoms with Crippen molar-refractivity contribution in [2.75, 3.05) is 47.5 Å². The molecule has 0 saturated carbocycles. The fourth-order valence-corrected chi connectivity index (χ4v) is 6.13. The van der Waals surface area contributed by atoms with E-state index in [9.17, 15) is 29.3 Å². The second kappa shape index (κ2) is 34.4. The molecule has 0 aromatic carbocycles. The molecule has 0 saturated heterocycles. The van der Waals surface area contributed by atoms with Crippen LogP contribution in [-0.4, -0.2) is 92.5 Å². The Kier molecular flexibility index (Phi) is 33.2. The molecule has 3 unspecified atom stereocenters. The van der Waals surface area contributed by atoms with Crippen LogP contribution in [0, 0.1) is 0 Å². The number of aliphatic hydroxyl groups excluding tert-OH is 2. The zero-order valence-electron chi connectivity index (χ0n) is 34.6. The minimum Gasteiger partial charge on any atom is -0.756 e. The van der Waals surface area contributed by atoms with Crippen LogP contribution in [0.15, 0.2) is 36.5 Å². The maximum atomic E-state index is 12.7. The first kappa shape index (κ1) is 52.2. The molecule has 0 aliphatic heterocycles. The summed E-state index contributed by atoms with van der Waals surface area (Å²) in [7, 11) is 0.988. The number of unbranched alkanes of at least 4 members (excludes halogenated alkanes) is 13. The largest absolute Gasteiger partial charge is 0.756 e. The van der Waals surface area contributed by atoms with E-state index in [1.54, 1.807) is 0 Å². The van der Waals surface area contributed by atoms with E-state index in [0.29, 0.717) is 17.4 Å². The average Bonchev–Trinajstić information content (AvgIpc) is 3.11. The molecule has 54 heavy (non-hydrogen) atoms. The van der Waals surface area contributed by atoms with Crippen LogP contribution in [0.4, 0.5) is 0 Å². The lowest BCUT2D eigenvalue weighted by Gasteiger charge is -2.28. The Labute approximate surface area is 328 Å². The molecule has 0 aliphatic rings. The van der Waals surface area contributed by atoms with Crippen LogP contribution in [0.5, 0.6) is 0 Å². The molecule has 0 heterocycles. The average molecular weight is 788 g/mol. The Balaban J connectivity index is 4.66. The molecule has 0 bridgehead atoms. The van der Waals surface area contributed by atoms with Gasteiger partial charge in [-0.1, -0.05) is 127 Å². The summed E-state index contributed by atoms with van der Waals surface area (Å²) >= 11 is 0. The molecule has 0 aliphatic carbocycles. The molecular formula is C42H78NO10P. The quantitative estimate of drug-likeness (QED) is 0.0206. The summed E-state index contributed by atoms with van der Waals surface area (Å²) in [5.74, 6) is -1.12. The molecule has 316 valence electrons. The number of aliphatic hydroxyl groups is 2. The van der Waals surface area contributed by atoms with E-state index in [4.69, 9.17) is 18.5 Å². The topological polar surface area (TPSA) is 152 Å². The van der Waals surface area contributed by atoms with Gasteiger partial charge in [0.2, 0.25) is 0 Å². The smallest absolute Gasteiger partial charge is 0.306 e. The van der Waals surface area contributed by atoms with Gasteiger partial charge in [-0.3, -0.25) is 14.2 Å². The first-order chi connectivity index (χ1) is 25.8. The lowest BCUT2D eigenvalue weighted by Crippen LogP contribution is -2.37. The van der Waals surface area contributed by atoms with Crippen LogP contribution < -0.4 is 4.89 Å². The molecule has 0 spiro atoms. The molecule has 2 N–H and O–H groups in total. The van der Waals surface area contributed by atoms with Crippen LogP contribution in [0.3, 0.4) is 0 Å². The molecule has 11 nitrogen and oxygen atoms in total. The van der Waals surface area contributed by atoms with Crippen LogP contribution in [-0.2, 0) is 32.7 Å². The molecule has 0 radical (unpaired) electrons. The Morgan fingerprint density at radius 1 is 0.667 bits per heavy atom. The maximum Gasteiger partial charge on any atom is 0.306 e. The number of quaternary nitrogens is 1. The van der Waals surface area contributed by atoms with Gasteiger partial charge in [-0.2, -0.15) is 0 Å². The zero-order chi connectivity index (χ0) is 40.3. The van der Waals surface area contributed by atoms with Crippen molar-refractivity contribution in [1.82, 2.24) is 0 Å². The number of carbonyl (C=O) groups is 2. The Bertz CT molecular complexity index is 1060. The summed E-state index contributed by atoms with van der Waals surface area (Å²) < 4.78 is 33.6. The first-order valence-corrected chi connectivity index (χ1v) is 22.3. The summed E-state index contributed by atoms with van der Waals surface area (Å²) in [6.07, 6.45) is 29.2. The Morgan fingerprint density at radius 3 is 1.81 bits per heavy atom. The van der Waals surface area contributed by atoms with Crippen LogP contribution in [0.25, 0.3) is 0 Å². The van der Waals surface area contributed by atoms with Crippen molar-refractivity contribution in [1.29, 1.82) is 0 Å². The summed E-state index contributed by atoms with van der Waals surface area (Å²) in [5.41, 5.74) is 0. The summed E-state index contributed by atoms with van der Waals surface area (Å²) in [6.45, 7) is 3.83. The van der Waals surface area contributed by atoms with E-state index in [-0.39, 0.29) is 45.3 Å². The minimum absolute atomic E-state index is 0.0825. The number of phosphoric acid groups is 1. The van der Waals surface area contributed by atoms with Gasteiger partial charge in [0.25, 0.3) is 7.82 Å². The third-order valence-electron chi connectivity index (χ3n) is 8.86. The number of likely N-dealkylation sites (N-methyl/N-ethyl adjacent to an activating group) is 1. The van der Waals surface area contributed by atoms with Gasteiger partial charge in [-0.05, 0) is 51.4 Å². The second-order valence-corrected chi connectivity index (χ2v) is 16.7. The van der Waals surface area contributed by atoms with Gasteiger partial charge in [-0.15, -0.1) is 0 Å². The second-order valence-electron chi connectivity index (χ2n) is 15.3. The SMILES string of the molecule is CCCCC/C=C\C/C=C\C/C=C\CC(O)C(O)CCCC(=O)O[C@H](COC(=O)CCCCCCCCCCCCC)COP(=O)([O-])OCC[N+](C)(C)C. The lowest BCUT2D eigenvalue weighted by atomic mass is 10.0. The number of carbonyl (C=O) groups excluding carboxylic acids is 2. The van der Waals surface area contributed by atoms with Crippen LogP contribution in [0.2, 0.25) is 0 Å². The number of phosphoric ester groups is 1. The van der Waals surface area contributed by atoms with Gasteiger partial charge in [0.1, 0.15) is 19.8 Å². The maximum absolute atomic E-state index is 12.7. The third-order valence-corrected chi connectivity index (χ3v) is 9.83. The molecule has 0 aromatic rings. The lowest BCUT2D eigenvalue weighted by molar-refractivity contribution is -0.870. The monoisotopic (exact) mass is 788 g/mol. The molecule has 0 amide bonds.